The highest BCUT2D eigenvalue weighted by atomic mass is 79.9. The van der Waals surface area contributed by atoms with Gasteiger partial charge in [0.05, 0.1) is 17.8 Å². The molecule has 0 fully saturated rings. The molecule has 0 bridgehead atoms. The number of aromatic nitrogens is 2. The number of benzene rings is 2. The van der Waals surface area contributed by atoms with Gasteiger partial charge in [-0.15, -0.1) is 0 Å². The van der Waals surface area contributed by atoms with E-state index in [0.29, 0.717) is 0 Å². The van der Waals surface area contributed by atoms with E-state index < -0.39 is 0 Å². The summed E-state index contributed by atoms with van der Waals surface area (Å²) in [6.45, 7) is 2.02. The second-order valence-electron chi connectivity index (χ2n) is 5.01. The van der Waals surface area contributed by atoms with Crippen molar-refractivity contribution in [2.75, 3.05) is 0 Å². The van der Waals surface area contributed by atoms with Gasteiger partial charge in [0, 0.05) is 15.9 Å². The minimum atomic E-state index is -0.0346. The molecule has 4 heteroatoms. The summed E-state index contributed by atoms with van der Waals surface area (Å²) in [5.74, 6) is 0. The van der Waals surface area contributed by atoms with Crippen molar-refractivity contribution in [3.05, 3.63) is 64.8 Å². The minimum Gasteiger partial charge on any atom is -0.326 e. The van der Waals surface area contributed by atoms with Gasteiger partial charge in [-0.2, -0.15) is 5.10 Å². The van der Waals surface area contributed by atoms with Crippen molar-refractivity contribution in [1.29, 1.82) is 0 Å². The molecule has 0 aliphatic rings. The van der Waals surface area contributed by atoms with Crippen molar-refractivity contribution in [2.24, 2.45) is 5.73 Å². The van der Waals surface area contributed by atoms with Crippen LogP contribution in [0.25, 0.3) is 10.9 Å². The predicted molar refractivity (Wildman–Crippen MR) is 85.7 cm³/mol. The lowest BCUT2D eigenvalue weighted by Crippen LogP contribution is -2.30. The maximum Gasteiger partial charge on any atom is 0.0924 e. The first-order valence-corrected chi connectivity index (χ1v) is 7.39. The third kappa shape index (κ3) is 2.37. The number of nitrogens with two attached hydrogens (primary N) is 1. The van der Waals surface area contributed by atoms with Crippen molar-refractivity contribution in [2.45, 2.75) is 19.0 Å². The molecule has 20 heavy (non-hydrogen) atoms. The van der Waals surface area contributed by atoms with E-state index in [1.54, 1.807) is 0 Å². The molecule has 1 heterocycles. The van der Waals surface area contributed by atoms with E-state index in [9.17, 15) is 0 Å². The molecule has 2 aromatic carbocycles. The molecule has 0 radical (unpaired) electrons. The molecule has 0 aliphatic heterocycles. The molecule has 3 rings (SSSR count). The van der Waals surface area contributed by atoms with Gasteiger partial charge in [-0.25, -0.2) is 0 Å². The predicted octanol–water partition coefficient (Wildman–Crippen LogP) is 3.74. The standard InChI is InChI=1S/C16H16BrN3/c1-11(18)16(12-6-4-7-14(17)9-12)20-15-8-3-2-5-13(15)10-19-20/h2-11,16H,18H2,1H3. The van der Waals surface area contributed by atoms with Crippen molar-refractivity contribution >= 4 is 26.8 Å². The number of nitrogens with zero attached hydrogens (tertiary/aromatic N) is 2. The van der Waals surface area contributed by atoms with E-state index in [0.717, 1.165) is 20.9 Å². The molecule has 1 aromatic heterocycles. The molecule has 0 saturated heterocycles. The Labute approximate surface area is 126 Å². The first-order valence-electron chi connectivity index (χ1n) is 6.60. The number of halogens is 1. The second-order valence-corrected chi connectivity index (χ2v) is 5.92. The Morgan fingerprint density at radius 3 is 2.70 bits per heavy atom. The summed E-state index contributed by atoms with van der Waals surface area (Å²) in [6, 6.07) is 16.4. The monoisotopic (exact) mass is 329 g/mol. The Kier molecular flexibility index (Phi) is 3.59. The normalized spacial score (nSPS) is 14.3. The Morgan fingerprint density at radius 1 is 1.15 bits per heavy atom. The SMILES string of the molecule is CC(N)C(c1cccc(Br)c1)n1ncc2ccccc21. The van der Waals surface area contributed by atoms with Crippen molar-refractivity contribution in [3.63, 3.8) is 0 Å². The van der Waals surface area contributed by atoms with E-state index >= 15 is 0 Å². The van der Waals surface area contributed by atoms with E-state index in [4.69, 9.17) is 5.73 Å². The summed E-state index contributed by atoms with van der Waals surface area (Å²) < 4.78 is 3.07. The zero-order valence-corrected chi connectivity index (χ0v) is 12.8. The third-order valence-electron chi connectivity index (χ3n) is 3.46. The highest BCUT2D eigenvalue weighted by molar-refractivity contribution is 9.10. The first-order chi connectivity index (χ1) is 9.66. The second kappa shape index (κ2) is 5.38. The van der Waals surface area contributed by atoms with Crippen LogP contribution >= 0.6 is 15.9 Å². The van der Waals surface area contributed by atoms with Gasteiger partial charge in [-0.1, -0.05) is 46.3 Å². The van der Waals surface area contributed by atoms with Gasteiger partial charge in [0.1, 0.15) is 0 Å². The minimum absolute atomic E-state index is 0.0207. The van der Waals surface area contributed by atoms with Crippen LogP contribution in [0.2, 0.25) is 0 Å². The quantitative estimate of drug-likeness (QED) is 0.795. The van der Waals surface area contributed by atoms with Crippen LogP contribution in [0.5, 0.6) is 0 Å². The highest BCUT2D eigenvalue weighted by Gasteiger charge is 2.21. The summed E-state index contributed by atoms with van der Waals surface area (Å²) in [5, 5.41) is 5.68. The van der Waals surface area contributed by atoms with E-state index in [2.05, 4.69) is 45.3 Å². The van der Waals surface area contributed by atoms with Crippen LogP contribution in [0.4, 0.5) is 0 Å². The summed E-state index contributed by atoms with van der Waals surface area (Å²) in [6.07, 6.45) is 1.89. The average Bonchev–Trinajstić information content (AvgIpc) is 2.83. The Hall–Kier alpha value is -1.65. The molecule has 0 spiro atoms. The van der Waals surface area contributed by atoms with Crippen LogP contribution < -0.4 is 5.73 Å². The van der Waals surface area contributed by atoms with Gasteiger partial charge >= 0.3 is 0 Å². The van der Waals surface area contributed by atoms with Gasteiger partial charge in [0.25, 0.3) is 0 Å². The Morgan fingerprint density at radius 2 is 1.95 bits per heavy atom. The topological polar surface area (TPSA) is 43.8 Å². The maximum atomic E-state index is 6.22. The largest absolute Gasteiger partial charge is 0.326 e. The summed E-state index contributed by atoms with van der Waals surface area (Å²) in [7, 11) is 0. The van der Waals surface area contributed by atoms with E-state index in [1.165, 1.54) is 0 Å². The van der Waals surface area contributed by atoms with Crippen LogP contribution in [-0.4, -0.2) is 15.8 Å². The lowest BCUT2D eigenvalue weighted by atomic mass is 10.0. The molecule has 2 N–H and O–H groups in total. The van der Waals surface area contributed by atoms with Gasteiger partial charge < -0.3 is 5.73 Å². The van der Waals surface area contributed by atoms with Crippen LogP contribution in [0.15, 0.2) is 59.2 Å². The summed E-state index contributed by atoms with van der Waals surface area (Å²) in [5.41, 5.74) is 8.49. The van der Waals surface area contributed by atoms with Gasteiger partial charge in [0.2, 0.25) is 0 Å². The van der Waals surface area contributed by atoms with Crippen LogP contribution in [0, 0.1) is 0 Å². The number of hydrogen-bond donors (Lipinski definition) is 1. The van der Waals surface area contributed by atoms with E-state index in [-0.39, 0.29) is 12.1 Å². The number of hydrogen-bond acceptors (Lipinski definition) is 2. The van der Waals surface area contributed by atoms with Crippen molar-refractivity contribution < 1.29 is 0 Å². The fourth-order valence-electron chi connectivity index (χ4n) is 2.57. The molecule has 0 amide bonds. The Bertz CT molecular complexity index is 733. The average molecular weight is 330 g/mol. The first kappa shape index (κ1) is 13.3. The van der Waals surface area contributed by atoms with Crippen LogP contribution in [0.1, 0.15) is 18.5 Å². The third-order valence-corrected chi connectivity index (χ3v) is 3.95. The summed E-state index contributed by atoms with van der Waals surface area (Å²) >= 11 is 3.52. The lowest BCUT2D eigenvalue weighted by Gasteiger charge is -2.23. The molecular formula is C16H16BrN3. The summed E-state index contributed by atoms with van der Waals surface area (Å²) in [4.78, 5) is 0. The van der Waals surface area contributed by atoms with Crippen LogP contribution in [0.3, 0.4) is 0 Å². The molecule has 0 aliphatic carbocycles. The molecule has 3 nitrogen and oxygen atoms in total. The van der Waals surface area contributed by atoms with Crippen molar-refractivity contribution in [1.82, 2.24) is 9.78 Å². The zero-order chi connectivity index (χ0) is 14.1. The lowest BCUT2D eigenvalue weighted by molar-refractivity contribution is 0.466. The molecular weight excluding hydrogens is 314 g/mol. The molecule has 3 aromatic rings. The molecule has 2 atom stereocenters. The van der Waals surface area contributed by atoms with Crippen molar-refractivity contribution in [3.8, 4) is 0 Å². The smallest absolute Gasteiger partial charge is 0.0924 e. The maximum absolute atomic E-state index is 6.22. The van der Waals surface area contributed by atoms with E-state index in [1.807, 2.05) is 42.1 Å². The number of para-hydroxylation sites is 1. The zero-order valence-electron chi connectivity index (χ0n) is 11.2. The number of rotatable bonds is 3. The number of fused-ring (bicyclic) bond motifs is 1. The van der Waals surface area contributed by atoms with Gasteiger partial charge in [-0.05, 0) is 30.7 Å². The Balaban J connectivity index is 2.16. The van der Waals surface area contributed by atoms with Gasteiger partial charge in [-0.3, -0.25) is 4.68 Å². The fraction of sp³-hybridized carbons (Fsp3) is 0.188. The molecule has 2 unspecified atom stereocenters. The molecule has 0 saturated carbocycles. The highest BCUT2D eigenvalue weighted by Crippen LogP contribution is 2.27. The fourth-order valence-corrected chi connectivity index (χ4v) is 2.99. The van der Waals surface area contributed by atoms with Crippen LogP contribution in [-0.2, 0) is 0 Å². The molecule has 102 valence electrons. The van der Waals surface area contributed by atoms with Gasteiger partial charge in [0.15, 0.2) is 0 Å².